The minimum atomic E-state index is 0.0164. The van der Waals surface area contributed by atoms with E-state index in [0.717, 1.165) is 37.3 Å². The Labute approximate surface area is 213 Å². The van der Waals surface area contributed by atoms with Gasteiger partial charge in [0.1, 0.15) is 11.5 Å². The van der Waals surface area contributed by atoms with Crippen molar-refractivity contribution >= 4 is 17.5 Å². The van der Waals surface area contributed by atoms with E-state index >= 15 is 0 Å². The van der Waals surface area contributed by atoms with Crippen molar-refractivity contribution < 1.29 is 14.3 Å². The van der Waals surface area contributed by atoms with Gasteiger partial charge in [0.2, 0.25) is 0 Å². The fourth-order valence-electron chi connectivity index (χ4n) is 4.75. The molecule has 5 nitrogen and oxygen atoms in total. The lowest BCUT2D eigenvalue weighted by Gasteiger charge is -2.40. The maximum atomic E-state index is 13.7. The molecule has 6 heteroatoms. The van der Waals surface area contributed by atoms with Gasteiger partial charge in [0.15, 0.2) is 0 Å². The summed E-state index contributed by atoms with van der Waals surface area (Å²) >= 11 is 6.01. The van der Waals surface area contributed by atoms with Crippen molar-refractivity contribution in [1.29, 1.82) is 0 Å². The average molecular weight is 493 g/mol. The zero-order chi connectivity index (χ0) is 24.6. The van der Waals surface area contributed by atoms with Crippen molar-refractivity contribution in [3.8, 4) is 11.5 Å². The van der Waals surface area contributed by atoms with E-state index < -0.39 is 0 Å². The van der Waals surface area contributed by atoms with Gasteiger partial charge in [-0.1, -0.05) is 54.1 Å². The molecule has 2 atom stereocenters. The molecule has 0 spiro atoms. The minimum absolute atomic E-state index is 0.0164. The van der Waals surface area contributed by atoms with Gasteiger partial charge in [0, 0.05) is 35.3 Å². The van der Waals surface area contributed by atoms with Crippen LogP contribution in [0.4, 0.5) is 0 Å². The number of methoxy groups -OCH3 is 2. The van der Waals surface area contributed by atoms with Crippen molar-refractivity contribution in [3.63, 3.8) is 0 Å². The highest BCUT2D eigenvalue weighted by atomic mass is 35.5. The van der Waals surface area contributed by atoms with Crippen LogP contribution in [0.25, 0.3) is 0 Å². The number of nitrogens with zero attached hydrogens (tertiary/aromatic N) is 1. The predicted molar refractivity (Wildman–Crippen MR) is 141 cm³/mol. The molecule has 35 heavy (non-hydrogen) atoms. The van der Waals surface area contributed by atoms with Crippen LogP contribution >= 0.6 is 11.6 Å². The van der Waals surface area contributed by atoms with Gasteiger partial charge in [-0.15, -0.1) is 0 Å². The third-order valence-corrected chi connectivity index (χ3v) is 6.90. The Balaban J connectivity index is 1.46. The van der Waals surface area contributed by atoms with Crippen molar-refractivity contribution in [3.05, 3.63) is 94.5 Å². The fourth-order valence-corrected chi connectivity index (χ4v) is 4.88. The maximum Gasteiger partial charge on any atom is 0.254 e. The lowest BCUT2D eigenvalue weighted by molar-refractivity contribution is 0.0577. The van der Waals surface area contributed by atoms with Gasteiger partial charge < -0.3 is 19.7 Å². The smallest absolute Gasteiger partial charge is 0.254 e. The number of carbonyl (C=O) groups is 1. The molecule has 1 saturated heterocycles. The second-order valence-electron chi connectivity index (χ2n) is 9.00. The molecule has 1 aliphatic heterocycles. The standard InChI is InChI=1S/C29H33ClN2O3/c1-34-27-17-23(18-28(20-27)35-2)29(33)32-15-13-25(19-26(32)16-22-6-4-3-5-7-22)31-14-12-21-8-10-24(30)11-9-21/h3-11,17-18,20,25-26,31H,12-16,19H2,1-2H3/t25-,26-/m0/s1. The highest BCUT2D eigenvalue weighted by Crippen LogP contribution is 2.27. The summed E-state index contributed by atoms with van der Waals surface area (Å²) in [5, 5.41) is 4.49. The summed E-state index contributed by atoms with van der Waals surface area (Å²) in [7, 11) is 3.20. The SMILES string of the molecule is COc1cc(OC)cc(C(=O)N2CC[C@H](NCCc3ccc(Cl)cc3)C[C@@H]2Cc2ccccc2)c1. The van der Waals surface area contributed by atoms with E-state index in [4.69, 9.17) is 21.1 Å². The number of nitrogens with one attached hydrogen (secondary N) is 1. The number of rotatable bonds is 9. The van der Waals surface area contributed by atoms with Crippen LogP contribution in [0.3, 0.4) is 0 Å². The molecule has 0 radical (unpaired) electrons. The summed E-state index contributed by atoms with van der Waals surface area (Å²) in [6.45, 7) is 1.60. The predicted octanol–water partition coefficient (Wildman–Crippen LogP) is 5.41. The molecular formula is C29H33ClN2O3. The lowest BCUT2D eigenvalue weighted by Crippen LogP contribution is -2.52. The minimum Gasteiger partial charge on any atom is -0.497 e. The number of piperidine rings is 1. The molecule has 1 fully saturated rings. The van der Waals surface area contributed by atoms with Gasteiger partial charge in [-0.3, -0.25) is 4.79 Å². The van der Waals surface area contributed by atoms with Crippen molar-refractivity contribution in [2.45, 2.75) is 37.8 Å². The summed E-state index contributed by atoms with van der Waals surface area (Å²) in [6, 6.07) is 24.3. The number of carbonyl (C=O) groups excluding carboxylic acids is 1. The first-order valence-corrected chi connectivity index (χ1v) is 12.5. The van der Waals surface area contributed by atoms with E-state index in [1.54, 1.807) is 32.4 Å². The number of likely N-dealkylation sites (tertiary alicyclic amines) is 1. The quantitative estimate of drug-likeness (QED) is 0.434. The largest absolute Gasteiger partial charge is 0.497 e. The highest BCUT2D eigenvalue weighted by molar-refractivity contribution is 6.30. The molecule has 1 N–H and O–H groups in total. The monoisotopic (exact) mass is 492 g/mol. The van der Waals surface area contributed by atoms with Gasteiger partial charge in [0.05, 0.1) is 14.2 Å². The second kappa shape index (κ2) is 12.1. The van der Waals surface area contributed by atoms with Crippen LogP contribution in [-0.2, 0) is 12.8 Å². The van der Waals surface area contributed by atoms with E-state index in [1.807, 2.05) is 23.1 Å². The van der Waals surface area contributed by atoms with E-state index in [2.05, 4.69) is 41.7 Å². The number of hydrogen-bond donors (Lipinski definition) is 1. The van der Waals surface area contributed by atoms with Crippen LogP contribution in [0.1, 0.15) is 34.3 Å². The third kappa shape index (κ3) is 6.77. The molecule has 3 aromatic carbocycles. The van der Waals surface area contributed by atoms with Crippen LogP contribution in [0.5, 0.6) is 11.5 Å². The van der Waals surface area contributed by atoms with Crippen LogP contribution < -0.4 is 14.8 Å². The van der Waals surface area contributed by atoms with E-state index in [-0.39, 0.29) is 11.9 Å². The summed E-state index contributed by atoms with van der Waals surface area (Å²) in [6.07, 6.45) is 3.59. The maximum absolute atomic E-state index is 13.7. The van der Waals surface area contributed by atoms with Crippen LogP contribution in [-0.4, -0.2) is 50.2 Å². The average Bonchev–Trinajstić information content (AvgIpc) is 2.90. The van der Waals surface area contributed by atoms with Gasteiger partial charge in [0.25, 0.3) is 5.91 Å². The topological polar surface area (TPSA) is 50.8 Å². The zero-order valence-electron chi connectivity index (χ0n) is 20.4. The Bertz CT molecular complexity index is 1080. The number of hydrogen-bond acceptors (Lipinski definition) is 4. The molecule has 1 heterocycles. The van der Waals surface area contributed by atoms with Crippen LogP contribution in [0.15, 0.2) is 72.8 Å². The summed E-state index contributed by atoms with van der Waals surface area (Å²) in [5.74, 6) is 1.25. The van der Waals surface area contributed by atoms with E-state index in [0.29, 0.717) is 29.6 Å². The third-order valence-electron chi connectivity index (χ3n) is 6.65. The molecule has 1 amide bonds. The Kier molecular flexibility index (Phi) is 8.67. The lowest BCUT2D eigenvalue weighted by atomic mass is 9.91. The number of amides is 1. The first-order chi connectivity index (χ1) is 17.1. The van der Waals surface area contributed by atoms with Crippen molar-refractivity contribution in [1.82, 2.24) is 10.2 Å². The summed E-state index contributed by atoms with van der Waals surface area (Å²) < 4.78 is 10.8. The van der Waals surface area contributed by atoms with Gasteiger partial charge >= 0.3 is 0 Å². The normalized spacial score (nSPS) is 17.7. The number of ether oxygens (including phenoxy) is 2. The molecule has 1 aliphatic rings. The molecule has 0 saturated carbocycles. The van der Waals surface area contributed by atoms with Crippen LogP contribution in [0, 0.1) is 0 Å². The molecular weight excluding hydrogens is 460 g/mol. The first-order valence-electron chi connectivity index (χ1n) is 12.1. The molecule has 0 unspecified atom stereocenters. The fraction of sp³-hybridized carbons (Fsp3) is 0.345. The highest BCUT2D eigenvalue weighted by Gasteiger charge is 2.32. The van der Waals surface area contributed by atoms with Crippen LogP contribution in [0.2, 0.25) is 5.02 Å². The Morgan fingerprint density at radius 1 is 0.971 bits per heavy atom. The summed E-state index contributed by atoms with van der Waals surface area (Å²) in [4.78, 5) is 15.7. The Morgan fingerprint density at radius 2 is 1.66 bits per heavy atom. The van der Waals surface area contributed by atoms with E-state index in [9.17, 15) is 4.79 Å². The Hall–Kier alpha value is -3.02. The van der Waals surface area contributed by atoms with Crippen molar-refractivity contribution in [2.24, 2.45) is 0 Å². The zero-order valence-corrected chi connectivity index (χ0v) is 21.1. The second-order valence-corrected chi connectivity index (χ2v) is 9.43. The first kappa shape index (κ1) is 25.1. The molecule has 3 aromatic rings. The Morgan fingerprint density at radius 3 is 2.31 bits per heavy atom. The van der Waals surface area contributed by atoms with E-state index in [1.165, 1.54) is 11.1 Å². The van der Waals surface area contributed by atoms with Crippen molar-refractivity contribution in [2.75, 3.05) is 27.3 Å². The summed E-state index contributed by atoms with van der Waals surface area (Å²) in [5.41, 5.74) is 3.09. The van der Waals surface area contributed by atoms with Gasteiger partial charge in [-0.05, 0) is 67.6 Å². The molecule has 0 bridgehead atoms. The number of benzene rings is 3. The molecule has 4 rings (SSSR count). The number of halogens is 1. The molecule has 0 aromatic heterocycles. The molecule has 184 valence electrons. The van der Waals surface area contributed by atoms with Gasteiger partial charge in [-0.2, -0.15) is 0 Å². The van der Waals surface area contributed by atoms with Gasteiger partial charge in [-0.25, -0.2) is 0 Å². The molecule has 0 aliphatic carbocycles.